The molecule has 6 heteroatoms. The molecule has 4 nitrogen and oxygen atoms in total. The minimum atomic E-state index is 0.00383. The number of benzene rings is 2. The van der Waals surface area contributed by atoms with E-state index in [1.54, 1.807) is 6.20 Å². The Balaban J connectivity index is 1.52. The Morgan fingerprint density at radius 1 is 1.19 bits per heavy atom. The SMILES string of the molecule is Cc1ccc(-n2ccnc2SCC(=O)NCCc2ccc(Cl)cc2)c(C)c1. The van der Waals surface area contributed by atoms with Gasteiger partial charge in [-0.05, 0) is 49.6 Å². The van der Waals surface area contributed by atoms with Crippen LogP contribution in [0.3, 0.4) is 0 Å². The molecule has 0 aliphatic heterocycles. The summed E-state index contributed by atoms with van der Waals surface area (Å²) in [6.45, 7) is 4.77. The number of nitrogens with zero attached hydrogens (tertiary/aromatic N) is 2. The molecule has 0 aliphatic rings. The Bertz CT molecular complexity index is 921. The summed E-state index contributed by atoms with van der Waals surface area (Å²) in [6.07, 6.45) is 4.48. The average Bonchev–Trinajstić information content (AvgIpc) is 3.10. The van der Waals surface area contributed by atoms with E-state index in [1.165, 1.54) is 22.9 Å². The van der Waals surface area contributed by atoms with Crippen molar-refractivity contribution in [2.75, 3.05) is 12.3 Å². The van der Waals surface area contributed by atoms with Gasteiger partial charge in [-0.1, -0.05) is 53.2 Å². The molecule has 1 amide bonds. The van der Waals surface area contributed by atoms with Crippen molar-refractivity contribution >= 4 is 29.3 Å². The lowest BCUT2D eigenvalue weighted by atomic mass is 10.1. The molecular weight excluding hydrogens is 378 g/mol. The van der Waals surface area contributed by atoms with Gasteiger partial charge >= 0.3 is 0 Å². The molecule has 1 aromatic heterocycles. The van der Waals surface area contributed by atoms with Crippen LogP contribution < -0.4 is 5.32 Å². The smallest absolute Gasteiger partial charge is 0.230 e. The van der Waals surface area contributed by atoms with Crippen molar-refractivity contribution in [3.63, 3.8) is 0 Å². The van der Waals surface area contributed by atoms with E-state index in [9.17, 15) is 4.79 Å². The van der Waals surface area contributed by atoms with Gasteiger partial charge < -0.3 is 5.32 Å². The topological polar surface area (TPSA) is 46.9 Å². The van der Waals surface area contributed by atoms with Gasteiger partial charge in [0.15, 0.2) is 5.16 Å². The summed E-state index contributed by atoms with van der Waals surface area (Å²) in [5.41, 5.74) is 4.65. The van der Waals surface area contributed by atoms with Crippen LogP contribution in [0, 0.1) is 13.8 Å². The molecule has 0 unspecified atom stereocenters. The summed E-state index contributed by atoms with van der Waals surface area (Å²) in [5.74, 6) is 0.340. The highest BCUT2D eigenvalue weighted by molar-refractivity contribution is 7.99. The maximum atomic E-state index is 12.2. The summed E-state index contributed by atoms with van der Waals surface area (Å²) in [5, 5.41) is 4.49. The molecule has 3 rings (SSSR count). The molecule has 1 N–H and O–H groups in total. The fraction of sp³-hybridized carbons (Fsp3) is 0.238. The van der Waals surface area contributed by atoms with Crippen molar-refractivity contribution < 1.29 is 4.79 Å². The van der Waals surface area contributed by atoms with Crippen LogP contribution >= 0.6 is 23.4 Å². The number of carbonyl (C=O) groups excluding carboxylic acids is 1. The summed E-state index contributed by atoms with van der Waals surface area (Å²) in [7, 11) is 0. The number of carbonyl (C=O) groups is 1. The lowest BCUT2D eigenvalue weighted by Gasteiger charge is -2.11. The zero-order valence-corrected chi connectivity index (χ0v) is 17.0. The van der Waals surface area contributed by atoms with Crippen LogP contribution in [0.1, 0.15) is 16.7 Å². The van der Waals surface area contributed by atoms with Crippen molar-refractivity contribution in [2.24, 2.45) is 0 Å². The van der Waals surface area contributed by atoms with Gasteiger partial charge in [0.2, 0.25) is 5.91 Å². The number of halogens is 1. The number of hydrogen-bond donors (Lipinski definition) is 1. The van der Waals surface area contributed by atoms with Crippen LogP contribution in [0.25, 0.3) is 5.69 Å². The third kappa shape index (κ3) is 5.37. The van der Waals surface area contributed by atoms with Crippen LogP contribution in [0.5, 0.6) is 0 Å². The third-order valence-corrected chi connectivity index (χ3v) is 5.42. The van der Waals surface area contributed by atoms with Crippen molar-refractivity contribution in [3.8, 4) is 5.69 Å². The average molecular weight is 400 g/mol. The van der Waals surface area contributed by atoms with E-state index in [0.717, 1.165) is 27.9 Å². The highest BCUT2D eigenvalue weighted by atomic mass is 35.5. The maximum absolute atomic E-state index is 12.2. The standard InChI is InChI=1S/C21H22ClN3OS/c1-15-3-8-19(16(2)13-15)25-12-11-24-21(25)27-14-20(26)23-10-9-17-4-6-18(22)7-5-17/h3-8,11-13H,9-10,14H2,1-2H3,(H,23,26). The molecule has 2 aromatic carbocycles. The maximum Gasteiger partial charge on any atom is 0.230 e. The van der Waals surface area contributed by atoms with Gasteiger partial charge in [0.25, 0.3) is 0 Å². The molecule has 0 saturated heterocycles. The molecule has 0 bridgehead atoms. The number of rotatable bonds is 7. The van der Waals surface area contributed by atoms with Crippen molar-refractivity contribution in [3.05, 3.63) is 76.6 Å². The molecule has 1 heterocycles. The van der Waals surface area contributed by atoms with E-state index in [0.29, 0.717) is 12.3 Å². The lowest BCUT2D eigenvalue weighted by Crippen LogP contribution is -2.27. The van der Waals surface area contributed by atoms with Crippen molar-refractivity contribution in [2.45, 2.75) is 25.4 Å². The Morgan fingerprint density at radius 2 is 1.96 bits per heavy atom. The first-order valence-electron chi connectivity index (χ1n) is 8.78. The number of imidazole rings is 1. The van der Waals surface area contributed by atoms with Crippen LogP contribution in [-0.4, -0.2) is 27.8 Å². The summed E-state index contributed by atoms with van der Waals surface area (Å²) < 4.78 is 2.03. The quantitative estimate of drug-likeness (QED) is 0.591. The highest BCUT2D eigenvalue weighted by Gasteiger charge is 2.10. The molecule has 0 aliphatic carbocycles. The van der Waals surface area contributed by atoms with E-state index < -0.39 is 0 Å². The van der Waals surface area contributed by atoms with Crippen molar-refractivity contribution in [1.82, 2.24) is 14.9 Å². The minimum absolute atomic E-state index is 0.00383. The van der Waals surface area contributed by atoms with Crippen LogP contribution in [0.15, 0.2) is 60.0 Å². The van der Waals surface area contributed by atoms with Gasteiger partial charge in [0, 0.05) is 24.0 Å². The minimum Gasteiger partial charge on any atom is -0.355 e. The number of nitrogens with one attached hydrogen (secondary N) is 1. The Morgan fingerprint density at radius 3 is 2.70 bits per heavy atom. The first kappa shape index (κ1) is 19.5. The fourth-order valence-corrected chi connectivity index (χ4v) is 3.76. The van der Waals surface area contributed by atoms with Crippen LogP contribution in [-0.2, 0) is 11.2 Å². The zero-order chi connectivity index (χ0) is 19.2. The van der Waals surface area contributed by atoms with Gasteiger partial charge in [0.05, 0.1) is 11.4 Å². The molecule has 0 fully saturated rings. The number of aryl methyl sites for hydroxylation is 2. The van der Waals surface area contributed by atoms with E-state index in [2.05, 4.69) is 42.3 Å². The molecule has 140 valence electrons. The second-order valence-corrected chi connectivity index (χ2v) is 7.76. The van der Waals surface area contributed by atoms with Gasteiger partial charge in [-0.25, -0.2) is 4.98 Å². The first-order valence-corrected chi connectivity index (χ1v) is 10.1. The highest BCUT2D eigenvalue weighted by Crippen LogP contribution is 2.23. The molecule has 27 heavy (non-hydrogen) atoms. The predicted octanol–water partition coefficient (Wildman–Crippen LogP) is 4.59. The van der Waals surface area contributed by atoms with E-state index in [1.807, 2.05) is 35.0 Å². The number of aromatic nitrogens is 2. The monoisotopic (exact) mass is 399 g/mol. The first-order chi connectivity index (χ1) is 13.0. The van der Waals surface area contributed by atoms with Gasteiger partial charge in [0.1, 0.15) is 0 Å². The number of thioether (sulfide) groups is 1. The van der Waals surface area contributed by atoms with E-state index >= 15 is 0 Å². The second-order valence-electron chi connectivity index (χ2n) is 6.38. The zero-order valence-electron chi connectivity index (χ0n) is 15.4. The second kappa shape index (κ2) is 9.11. The van der Waals surface area contributed by atoms with E-state index in [-0.39, 0.29) is 5.91 Å². The predicted molar refractivity (Wildman–Crippen MR) is 112 cm³/mol. The molecule has 0 atom stereocenters. The Hall–Kier alpha value is -2.24. The van der Waals surface area contributed by atoms with Crippen LogP contribution in [0.4, 0.5) is 0 Å². The molecule has 0 radical (unpaired) electrons. The molecule has 0 spiro atoms. The van der Waals surface area contributed by atoms with Gasteiger partial charge in [-0.15, -0.1) is 0 Å². The van der Waals surface area contributed by atoms with Crippen molar-refractivity contribution in [1.29, 1.82) is 0 Å². The van der Waals surface area contributed by atoms with Crippen LogP contribution in [0.2, 0.25) is 5.02 Å². The summed E-state index contributed by atoms with van der Waals surface area (Å²) in [4.78, 5) is 16.5. The number of amides is 1. The lowest BCUT2D eigenvalue weighted by molar-refractivity contribution is -0.118. The number of hydrogen-bond acceptors (Lipinski definition) is 3. The fourth-order valence-electron chi connectivity index (χ4n) is 2.83. The van der Waals surface area contributed by atoms with Gasteiger partial charge in [-0.3, -0.25) is 9.36 Å². The Kier molecular flexibility index (Phi) is 6.58. The molecule has 3 aromatic rings. The molecule has 0 saturated carbocycles. The summed E-state index contributed by atoms with van der Waals surface area (Å²) in [6, 6.07) is 14.0. The van der Waals surface area contributed by atoms with Gasteiger partial charge in [-0.2, -0.15) is 0 Å². The van der Waals surface area contributed by atoms with E-state index in [4.69, 9.17) is 11.6 Å². The largest absolute Gasteiger partial charge is 0.355 e. The normalized spacial score (nSPS) is 10.8. The third-order valence-electron chi connectivity index (χ3n) is 4.20. The molecular formula is C21H22ClN3OS. The Labute approximate surface area is 169 Å². The summed E-state index contributed by atoms with van der Waals surface area (Å²) >= 11 is 7.32.